The molecule has 0 aromatic heterocycles. The van der Waals surface area contributed by atoms with Crippen LogP contribution in [-0.2, 0) is 4.79 Å². The van der Waals surface area contributed by atoms with Gasteiger partial charge in [0.15, 0.2) is 0 Å². The molecule has 1 aliphatic heterocycles. The van der Waals surface area contributed by atoms with Crippen LogP contribution in [0.1, 0.15) is 15.9 Å². The Kier molecular flexibility index (Phi) is 2.68. The summed E-state index contributed by atoms with van der Waals surface area (Å²) in [4.78, 5) is 23.1. The highest BCUT2D eigenvalue weighted by Gasteiger charge is 2.41. The summed E-state index contributed by atoms with van der Waals surface area (Å²) in [6, 6.07) is 2.20. The van der Waals surface area contributed by atoms with Crippen LogP contribution >= 0.6 is 0 Å². The molecule has 0 saturated carbocycles. The summed E-state index contributed by atoms with van der Waals surface area (Å²) in [6.07, 6.45) is -1.61. The van der Waals surface area contributed by atoms with Crippen molar-refractivity contribution >= 4 is 24.4 Å². The number of hydrogen-bond acceptors (Lipinski definition) is 2. The molecular weight excluding hydrogens is 253 g/mol. The zero-order valence-corrected chi connectivity index (χ0v) is 9.21. The molecule has 0 N–H and O–H groups in total. The minimum atomic E-state index is -5.34. The Bertz CT molecular complexity index is 556. The maximum Gasteiger partial charge on any atom is 0.497 e. The Labute approximate surface area is 99.4 Å². The number of carbonyl (C=O) groups is 2. The van der Waals surface area contributed by atoms with E-state index in [4.69, 9.17) is 0 Å². The number of anilines is 1. The van der Waals surface area contributed by atoms with Gasteiger partial charge in [-0.3, -0.25) is 9.59 Å². The van der Waals surface area contributed by atoms with Crippen molar-refractivity contribution in [3.05, 3.63) is 29.1 Å². The van der Waals surface area contributed by atoms with E-state index in [0.717, 1.165) is 6.07 Å². The van der Waals surface area contributed by atoms with Crippen LogP contribution in [0.25, 0.3) is 0 Å². The van der Waals surface area contributed by atoms with Gasteiger partial charge in [-0.05, 0) is 31.1 Å². The Hall–Kier alpha value is -1.86. The van der Waals surface area contributed by atoms with Gasteiger partial charge in [-0.1, -0.05) is 0 Å². The van der Waals surface area contributed by atoms with E-state index < -0.39 is 36.6 Å². The van der Waals surface area contributed by atoms with Gasteiger partial charge in [0, 0.05) is 0 Å². The fraction of sp³-hybridized carbons (Fsp3) is 0.200. The largest absolute Gasteiger partial charge is 0.497 e. The van der Waals surface area contributed by atoms with Crippen molar-refractivity contribution < 1.29 is 26.9 Å². The minimum absolute atomic E-state index is 0.159. The van der Waals surface area contributed by atoms with Crippen LogP contribution < -0.4 is 4.90 Å². The Balaban J connectivity index is 2.55. The van der Waals surface area contributed by atoms with Crippen LogP contribution in [0.4, 0.5) is 23.0 Å². The van der Waals surface area contributed by atoms with Crippen LogP contribution in [0.2, 0.25) is 0 Å². The predicted octanol–water partition coefficient (Wildman–Crippen LogP) is 2.05. The molecular formula is C10H7BF4NO2-. The summed E-state index contributed by atoms with van der Waals surface area (Å²) >= 11 is 0. The monoisotopic (exact) mass is 260 g/mol. The Morgan fingerprint density at radius 2 is 1.83 bits per heavy atom. The van der Waals surface area contributed by atoms with Crippen molar-refractivity contribution in [2.45, 2.75) is 6.92 Å². The number of fused-ring (bicyclic) bond motifs is 1. The molecule has 1 heterocycles. The summed E-state index contributed by atoms with van der Waals surface area (Å²) in [5.41, 5.74) is -0.515. The van der Waals surface area contributed by atoms with Gasteiger partial charge in [-0.15, -0.1) is 0 Å². The van der Waals surface area contributed by atoms with E-state index in [-0.39, 0.29) is 10.5 Å². The van der Waals surface area contributed by atoms with Crippen LogP contribution in [0.15, 0.2) is 12.1 Å². The lowest BCUT2D eigenvalue weighted by Crippen LogP contribution is -2.41. The molecule has 1 amide bonds. The fourth-order valence-electron chi connectivity index (χ4n) is 1.90. The molecule has 0 spiro atoms. The number of halogens is 4. The maximum absolute atomic E-state index is 13.6. The van der Waals surface area contributed by atoms with Crippen LogP contribution in [0.3, 0.4) is 0 Å². The lowest BCUT2D eigenvalue weighted by atomic mass is 9.91. The van der Waals surface area contributed by atoms with Crippen molar-refractivity contribution in [2.24, 2.45) is 0 Å². The van der Waals surface area contributed by atoms with Crippen molar-refractivity contribution in [1.82, 2.24) is 0 Å². The number of nitrogens with zero attached hydrogens (tertiary/aromatic N) is 1. The first-order valence-corrected chi connectivity index (χ1v) is 5.08. The van der Waals surface area contributed by atoms with Crippen molar-refractivity contribution in [3.63, 3.8) is 0 Å². The SMILES string of the molecule is Cc1cc(F)c2c(c1)C(=O)C(=O)N2C[B-](F)(F)F. The average molecular weight is 260 g/mol. The van der Waals surface area contributed by atoms with Gasteiger partial charge in [0.2, 0.25) is 0 Å². The molecule has 3 nitrogen and oxygen atoms in total. The molecule has 0 unspecified atom stereocenters. The lowest BCUT2D eigenvalue weighted by Gasteiger charge is -2.23. The molecule has 8 heteroatoms. The van der Waals surface area contributed by atoms with Crippen molar-refractivity contribution in [2.75, 3.05) is 11.3 Å². The minimum Gasteiger partial charge on any atom is -0.448 e. The van der Waals surface area contributed by atoms with E-state index in [1.165, 1.54) is 13.0 Å². The average Bonchev–Trinajstić information content (AvgIpc) is 2.42. The van der Waals surface area contributed by atoms with Crippen LogP contribution in [0.5, 0.6) is 0 Å². The molecule has 1 aromatic carbocycles. The van der Waals surface area contributed by atoms with Crippen LogP contribution in [0, 0.1) is 12.7 Å². The first-order chi connectivity index (χ1) is 8.20. The number of carbonyl (C=O) groups excluding carboxylic acids is 2. The third-order valence-corrected chi connectivity index (χ3v) is 2.55. The number of benzene rings is 1. The van der Waals surface area contributed by atoms with Gasteiger partial charge in [-0.25, -0.2) is 4.39 Å². The fourth-order valence-corrected chi connectivity index (χ4v) is 1.90. The van der Waals surface area contributed by atoms with Crippen LogP contribution in [-0.4, -0.2) is 25.1 Å². The molecule has 18 heavy (non-hydrogen) atoms. The maximum atomic E-state index is 13.6. The second kappa shape index (κ2) is 3.83. The van der Waals surface area contributed by atoms with E-state index in [1.54, 1.807) is 0 Å². The standard InChI is InChI=1S/C10H7BF4NO2/c1-5-2-6-8(7(12)3-5)16(4-11(13,14)15)10(18)9(6)17/h2-3H,4H2,1H3/q-1. The molecule has 0 bridgehead atoms. The third-order valence-electron chi connectivity index (χ3n) is 2.55. The zero-order valence-electron chi connectivity index (χ0n) is 9.21. The summed E-state index contributed by atoms with van der Waals surface area (Å²) in [5, 5.41) is 0. The van der Waals surface area contributed by atoms with Gasteiger partial charge in [-0.2, -0.15) is 0 Å². The molecule has 0 fully saturated rings. The number of hydrogen-bond donors (Lipinski definition) is 0. The zero-order chi connectivity index (χ0) is 13.7. The topological polar surface area (TPSA) is 37.4 Å². The van der Waals surface area contributed by atoms with Crippen molar-refractivity contribution in [1.29, 1.82) is 0 Å². The quantitative estimate of drug-likeness (QED) is 0.463. The van der Waals surface area contributed by atoms with E-state index in [1.807, 2.05) is 0 Å². The number of aryl methyl sites for hydroxylation is 1. The highest BCUT2D eigenvalue weighted by atomic mass is 19.4. The molecule has 0 saturated heterocycles. The Morgan fingerprint density at radius 1 is 1.22 bits per heavy atom. The number of rotatable bonds is 2. The molecule has 2 rings (SSSR count). The molecule has 0 atom stereocenters. The lowest BCUT2D eigenvalue weighted by molar-refractivity contribution is -0.114. The predicted molar refractivity (Wildman–Crippen MR) is 56.9 cm³/mol. The summed E-state index contributed by atoms with van der Waals surface area (Å²) < 4.78 is 50.7. The highest BCUT2D eigenvalue weighted by Crippen LogP contribution is 2.34. The van der Waals surface area contributed by atoms with E-state index in [9.17, 15) is 26.9 Å². The van der Waals surface area contributed by atoms with Gasteiger partial charge in [0.1, 0.15) is 5.82 Å². The second-order valence-electron chi connectivity index (χ2n) is 4.10. The summed E-state index contributed by atoms with van der Waals surface area (Å²) in [7, 11) is 0. The number of ketones is 1. The van der Waals surface area contributed by atoms with E-state index in [2.05, 4.69) is 0 Å². The second-order valence-corrected chi connectivity index (χ2v) is 4.10. The van der Waals surface area contributed by atoms with E-state index in [0.29, 0.717) is 5.56 Å². The van der Waals surface area contributed by atoms with Gasteiger partial charge in [0.25, 0.3) is 11.7 Å². The highest BCUT2D eigenvalue weighted by molar-refractivity contribution is 6.62. The smallest absolute Gasteiger partial charge is 0.448 e. The molecule has 1 aliphatic rings. The molecule has 1 aromatic rings. The Morgan fingerprint density at radius 3 is 2.39 bits per heavy atom. The molecule has 0 radical (unpaired) electrons. The first kappa shape index (κ1) is 12.6. The first-order valence-electron chi connectivity index (χ1n) is 5.08. The third kappa shape index (κ3) is 1.98. The molecule has 0 aliphatic carbocycles. The number of Topliss-reactive ketones (excluding diaryl/α,β-unsaturated/α-hetero) is 1. The number of amides is 1. The van der Waals surface area contributed by atoms with Gasteiger partial charge >= 0.3 is 6.98 Å². The van der Waals surface area contributed by atoms with E-state index >= 15 is 0 Å². The van der Waals surface area contributed by atoms with Gasteiger partial charge < -0.3 is 17.8 Å². The van der Waals surface area contributed by atoms with Crippen molar-refractivity contribution in [3.8, 4) is 0 Å². The summed E-state index contributed by atoms with van der Waals surface area (Å²) in [5.74, 6) is -3.44. The molecule has 96 valence electrons. The normalized spacial score (nSPS) is 15.3. The summed E-state index contributed by atoms with van der Waals surface area (Å²) in [6.45, 7) is -3.85. The van der Waals surface area contributed by atoms with Gasteiger partial charge in [0.05, 0.1) is 11.3 Å².